The van der Waals surface area contributed by atoms with Gasteiger partial charge in [-0.1, -0.05) is 19.8 Å². The molecule has 1 aliphatic heterocycles. The molecule has 4 aliphatic rings. The summed E-state index contributed by atoms with van der Waals surface area (Å²) in [5.74, 6) is 5.10. The Morgan fingerprint density at radius 3 is 2.72 bits per heavy atom. The van der Waals surface area contributed by atoms with E-state index in [1.54, 1.807) is 0 Å². The molecular weight excluding hydrogens is 218 g/mol. The number of likely N-dealkylation sites (tertiary alicyclic amines) is 1. The molecule has 1 heterocycles. The Hall–Kier alpha value is -0.0400. The summed E-state index contributed by atoms with van der Waals surface area (Å²) >= 11 is 0. The molecule has 3 aliphatic carbocycles. The lowest BCUT2D eigenvalue weighted by Gasteiger charge is -2.38. The van der Waals surface area contributed by atoms with E-state index >= 15 is 0 Å². The van der Waals surface area contributed by atoms with E-state index in [4.69, 9.17) is 0 Å². The maximum Gasteiger partial charge on any atom is 0.0164 e. The third-order valence-electron chi connectivity index (χ3n) is 6.82. The standard InChI is InChI=1S/C17H28N/c1-11-7-8-15-14(9-11)17-13-6-4-3-5-12(13)10-16(17)18(15)2/h10-17H,3-9H2,1-2H3. The Bertz CT molecular complexity index is 326. The first kappa shape index (κ1) is 11.8. The summed E-state index contributed by atoms with van der Waals surface area (Å²) in [6, 6.07) is 1.77. The predicted molar refractivity (Wildman–Crippen MR) is 75.1 cm³/mol. The molecule has 0 aromatic rings. The largest absolute Gasteiger partial charge is 0.300 e. The van der Waals surface area contributed by atoms with Gasteiger partial charge in [0.2, 0.25) is 0 Å². The zero-order valence-electron chi connectivity index (χ0n) is 12.0. The monoisotopic (exact) mass is 246 g/mol. The quantitative estimate of drug-likeness (QED) is 0.629. The molecule has 0 aromatic carbocycles. The van der Waals surface area contributed by atoms with Gasteiger partial charge in [0.25, 0.3) is 0 Å². The van der Waals surface area contributed by atoms with Crippen LogP contribution in [0.2, 0.25) is 0 Å². The number of nitrogens with zero attached hydrogens (tertiary/aromatic N) is 1. The molecule has 1 radical (unpaired) electrons. The normalized spacial score (nSPS) is 56.0. The molecule has 1 nitrogen and oxygen atoms in total. The van der Waals surface area contributed by atoms with Gasteiger partial charge in [-0.15, -0.1) is 0 Å². The first-order valence-electron chi connectivity index (χ1n) is 8.32. The van der Waals surface area contributed by atoms with Crippen molar-refractivity contribution in [3.05, 3.63) is 6.42 Å². The van der Waals surface area contributed by atoms with Gasteiger partial charge in [-0.3, -0.25) is 4.90 Å². The molecule has 1 saturated heterocycles. The van der Waals surface area contributed by atoms with Gasteiger partial charge < -0.3 is 0 Å². The molecule has 0 N–H and O–H groups in total. The second-order valence-corrected chi connectivity index (χ2v) is 7.69. The van der Waals surface area contributed by atoms with Crippen LogP contribution in [0.3, 0.4) is 0 Å². The second-order valence-electron chi connectivity index (χ2n) is 7.69. The molecule has 4 fully saturated rings. The van der Waals surface area contributed by atoms with E-state index in [2.05, 4.69) is 25.3 Å². The first-order valence-corrected chi connectivity index (χ1v) is 8.32. The van der Waals surface area contributed by atoms with E-state index in [0.29, 0.717) is 0 Å². The smallest absolute Gasteiger partial charge is 0.0164 e. The summed E-state index contributed by atoms with van der Waals surface area (Å²) in [4.78, 5) is 2.78. The Morgan fingerprint density at radius 1 is 1.00 bits per heavy atom. The highest BCUT2D eigenvalue weighted by atomic mass is 15.2. The van der Waals surface area contributed by atoms with Crippen LogP contribution >= 0.6 is 0 Å². The van der Waals surface area contributed by atoms with Gasteiger partial charge in [-0.2, -0.15) is 0 Å². The van der Waals surface area contributed by atoms with E-state index in [0.717, 1.165) is 41.7 Å². The number of rotatable bonds is 0. The van der Waals surface area contributed by atoms with Crippen molar-refractivity contribution in [3.8, 4) is 0 Å². The van der Waals surface area contributed by atoms with E-state index < -0.39 is 0 Å². The molecule has 7 atom stereocenters. The molecule has 0 spiro atoms. The zero-order valence-corrected chi connectivity index (χ0v) is 12.0. The molecule has 7 unspecified atom stereocenters. The molecule has 4 rings (SSSR count). The Morgan fingerprint density at radius 2 is 1.83 bits per heavy atom. The van der Waals surface area contributed by atoms with Gasteiger partial charge in [0.15, 0.2) is 0 Å². The predicted octanol–water partition coefficient (Wildman–Crippen LogP) is 3.75. The van der Waals surface area contributed by atoms with Crippen LogP contribution in [0.5, 0.6) is 0 Å². The Kier molecular flexibility index (Phi) is 2.76. The highest BCUT2D eigenvalue weighted by molar-refractivity contribution is 5.16. The molecule has 0 amide bonds. The van der Waals surface area contributed by atoms with Gasteiger partial charge in [-0.05, 0) is 75.2 Å². The van der Waals surface area contributed by atoms with Crippen molar-refractivity contribution in [1.82, 2.24) is 4.90 Å². The van der Waals surface area contributed by atoms with Crippen molar-refractivity contribution in [2.45, 2.75) is 64.0 Å². The molecule has 0 bridgehead atoms. The molecule has 1 heteroatoms. The SMILES string of the molecule is CC1CCC2C(C1)C1C3CCCCC3[CH]C1N2C. The summed E-state index contributed by atoms with van der Waals surface area (Å²) in [7, 11) is 2.42. The minimum absolute atomic E-state index is 0.846. The lowest BCUT2D eigenvalue weighted by atomic mass is 9.68. The van der Waals surface area contributed by atoms with Crippen molar-refractivity contribution < 1.29 is 0 Å². The van der Waals surface area contributed by atoms with Crippen LogP contribution in [-0.4, -0.2) is 24.0 Å². The summed E-state index contributed by atoms with van der Waals surface area (Å²) in [6.45, 7) is 2.49. The number of hydrogen-bond donors (Lipinski definition) is 0. The van der Waals surface area contributed by atoms with Crippen LogP contribution in [0.1, 0.15) is 51.9 Å². The third kappa shape index (κ3) is 1.55. The summed E-state index contributed by atoms with van der Waals surface area (Å²) < 4.78 is 0. The summed E-state index contributed by atoms with van der Waals surface area (Å²) in [6.07, 6.45) is 13.3. The van der Waals surface area contributed by atoms with E-state index in [1.165, 1.54) is 44.9 Å². The number of fused-ring (bicyclic) bond motifs is 5. The van der Waals surface area contributed by atoms with Crippen molar-refractivity contribution in [2.24, 2.45) is 29.6 Å². The molecule has 101 valence electrons. The van der Waals surface area contributed by atoms with Crippen LogP contribution < -0.4 is 0 Å². The molecular formula is C17H28N. The van der Waals surface area contributed by atoms with Crippen LogP contribution in [-0.2, 0) is 0 Å². The first-order chi connectivity index (χ1) is 8.75. The molecule has 0 aromatic heterocycles. The molecule has 3 saturated carbocycles. The van der Waals surface area contributed by atoms with Crippen LogP contribution in [0, 0.1) is 36.0 Å². The van der Waals surface area contributed by atoms with Gasteiger partial charge in [0.05, 0.1) is 0 Å². The van der Waals surface area contributed by atoms with Gasteiger partial charge in [0, 0.05) is 12.1 Å². The summed E-state index contributed by atoms with van der Waals surface area (Å²) in [5.41, 5.74) is 0. The van der Waals surface area contributed by atoms with Crippen LogP contribution in [0.15, 0.2) is 0 Å². The maximum atomic E-state index is 2.78. The van der Waals surface area contributed by atoms with Crippen molar-refractivity contribution in [3.63, 3.8) is 0 Å². The highest BCUT2D eigenvalue weighted by Gasteiger charge is 2.57. The summed E-state index contributed by atoms with van der Waals surface area (Å²) in [5, 5.41) is 0. The average molecular weight is 246 g/mol. The average Bonchev–Trinajstić information content (AvgIpc) is 2.87. The van der Waals surface area contributed by atoms with Crippen LogP contribution in [0.4, 0.5) is 0 Å². The fourth-order valence-corrected chi connectivity index (χ4v) is 6.07. The van der Waals surface area contributed by atoms with Gasteiger partial charge >= 0.3 is 0 Å². The van der Waals surface area contributed by atoms with Crippen molar-refractivity contribution in [1.29, 1.82) is 0 Å². The van der Waals surface area contributed by atoms with Crippen LogP contribution in [0.25, 0.3) is 0 Å². The van der Waals surface area contributed by atoms with Crippen molar-refractivity contribution >= 4 is 0 Å². The third-order valence-corrected chi connectivity index (χ3v) is 6.82. The second kappa shape index (κ2) is 4.23. The fraction of sp³-hybridized carbons (Fsp3) is 0.941. The Labute approximate surface area is 112 Å². The topological polar surface area (TPSA) is 3.24 Å². The minimum Gasteiger partial charge on any atom is -0.300 e. The minimum atomic E-state index is 0.846. The van der Waals surface area contributed by atoms with E-state index in [1.807, 2.05) is 0 Å². The lowest BCUT2D eigenvalue weighted by molar-refractivity contribution is 0.126. The lowest BCUT2D eigenvalue weighted by Crippen LogP contribution is -2.38. The Balaban J connectivity index is 1.62. The number of hydrogen-bond acceptors (Lipinski definition) is 1. The highest BCUT2D eigenvalue weighted by Crippen LogP contribution is 2.57. The van der Waals surface area contributed by atoms with Gasteiger partial charge in [-0.25, -0.2) is 0 Å². The van der Waals surface area contributed by atoms with Gasteiger partial charge in [0.1, 0.15) is 0 Å². The van der Waals surface area contributed by atoms with Crippen molar-refractivity contribution in [2.75, 3.05) is 7.05 Å². The maximum absolute atomic E-state index is 2.78. The fourth-order valence-electron chi connectivity index (χ4n) is 6.07. The molecule has 18 heavy (non-hydrogen) atoms. The van der Waals surface area contributed by atoms with E-state index in [9.17, 15) is 0 Å². The zero-order chi connectivity index (χ0) is 12.3. The van der Waals surface area contributed by atoms with E-state index in [-0.39, 0.29) is 0 Å².